The van der Waals surface area contributed by atoms with Gasteiger partial charge in [0, 0.05) is 31.4 Å². The monoisotopic (exact) mass is 236 g/mol. The summed E-state index contributed by atoms with van der Waals surface area (Å²) < 4.78 is 1.87. The van der Waals surface area contributed by atoms with Crippen LogP contribution in [0.3, 0.4) is 0 Å². The van der Waals surface area contributed by atoms with Crippen LogP contribution in [0.1, 0.15) is 31.2 Å². The molecule has 0 saturated carbocycles. The zero-order valence-electron chi connectivity index (χ0n) is 11.0. The fraction of sp³-hybridized carbons (Fsp3) is 0.769. The van der Waals surface area contributed by atoms with Gasteiger partial charge in [0.1, 0.15) is 0 Å². The van der Waals surface area contributed by atoms with Crippen molar-refractivity contribution < 1.29 is 0 Å². The molecule has 1 aliphatic heterocycles. The fourth-order valence-electron chi connectivity index (χ4n) is 2.55. The largest absolute Gasteiger partial charge is 0.314 e. The lowest BCUT2D eigenvalue weighted by Crippen LogP contribution is -2.24. The van der Waals surface area contributed by atoms with Crippen molar-refractivity contribution in [1.29, 1.82) is 0 Å². The molecule has 17 heavy (non-hydrogen) atoms. The van der Waals surface area contributed by atoms with Crippen molar-refractivity contribution in [2.24, 2.45) is 7.05 Å². The van der Waals surface area contributed by atoms with Gasteiger partial charge in [0.25, 0.3) is 0 Å². The predicted molar refractivity (Wildman–Crippen MR) is 69.8 cm³/mol. The molecule has 1 aliphatic rings. The van der Waals surface area contributed by atoms with Crippen molar-refractivity contribution in [3.63, 3.8) is 0 Å². The Bertz CT molecular complexity index is 328. The van der Waals surface area contributed by atoms with Crippen LogP contribution in [-0.2, 0) is 13.6 Å². The van der Waals surface area contributed by atoms with Crippen molar-refractivity contribution in [3.05, 3.63) is 18.0 Å². The molecule has 0 amide bonds. The van der Waals surface area contributed by atoms with Crippen LogP contribution in [0.5, 0.6) is 0 Å². The molecule has 0 spiro atoms. The SMILES string of the molecule is CN(CCCC1CCCN1)Cc1cnn(C)c1. The minimum atomic E-state index is 0.779. The highest BCUT2D eigenvalue weighted by Gasteiger charge is 2.13. The van der Waals surface area contributed by atoms with Gasteiger partial charge < -0.3 is 10.2 Å². The highest BCUT2D eigenvalue weighted by atomic mass is 15.2. The van der Waals surface area contributed by atoms with E-state index >= 15 is 0 Å². The molecule has 1 aromatic heterocycles. The van der Waals surface area contributed by atoms with Gasteiger partial charge in [-0.2, -0.15) is 5.10 Å². The second-order valence-corrected chi connectivity index (χ2v) is 5.20. The summed E-state index contributed by atoms with van der Waals surface area (Å²) in [6.45, 7) is 3.40. The first-order valence-corrected chi connectivity index (χ1v) is 6.63. The quantitative estimate of drug-likeness (QED) is 0.810. The summed E-state index contributed by atoms with van der Waals surface area (Å²) in [6.07, 6.45) is 9.37. The molecule has 96 valence electrons. The second kappa shape index (κ2) is 6.17. The van der Waals surface area contributed by atoms with Crippen LogP contribution < -0.4 is 5.32 Å². The number of hydrogen-bond acceptors (Lipinski definition) is 3. The minimum Gasteiger partial charge on any atom is -0.314 e. The predicted octanol–water partition coefficient (Wildman–Crippen LogP) is 1.38. The van der Waals surface area contributed by atoms with Gasteiger partial charge in [0.15, 0.2) is 0 Å². The summed E-state index contributed by atoms with van der Waals surface area (Å²) in [5.41, 5.74) is 1.30. The Morgan fingerprint density at radius 1 is 1.59 bits per heavy atom. The topological polar surface area (TPSA) is 33.1 Å². The van der Waals surface area contributed by atoms with E-state index in [9.17, 15) is 0 Å². The molecule has 0 aromatic carbocycles. The van der Waals surface area contributed by atoms with Crippen LogP contribution in [0.25, 0.3) is 0 Å². The Morgan fingerprint density at radius 2 is 2.47 bits per heavy atom. The lowest BCUT2D eigenvalue weighted by Gasteiger charge is -2.17. The van der Waals surface area contributed by atoms with Gasteiger partial charge >= 0.3 is 0 Å². The molecule has 1 atom stereocenters. The first-order valence-electron chi connectivity index (χ1n) is 6.63. The fourth-order valence-corrected chi connectivity index (χ4v) is 2.55. The summed E-state index contributed by atoms with van der Waals surface area (Å²) >= 11 is 0. The van der Waals surface area contributed by atoms with Crippen molar-refractivity contribution in [2.75, 3.05) is 20.1 Å². The summed E-state index contributed by atoms with van der Waals surface area (Å²) in [6, 6.07) is 0.779. The highest BCUT2D eigenvalue weighted by Crippen LogP contribution is 2.11. The number of nitrogens with zero attached hydrogens (tertiary/aromatic N) is 3. The summed E-state index contributed by atoms with van der Waals surface area (Å²) in [5, 5.41) is 7.74. The standard InChI is InChI=1S/C13H24N4/c1-16(10-12-9-15-17(2)11-12)8-4-6-13-5-3-7-14-13/h9,11,13-14H,3-8,10H2,1-2H3. The normalized spacial score (nSPS) is 20.3. The molecular formula is C13H24N4. The molecule has 0 aliphatic carbocycles. The number of aromatic nitrogens is 2. The molecule has 1 fully saturated rings. The van der Waals surface area contributed by atoms with Gasteiger partial charge in [-0.1, -0.05) is 0 Å². The number of rotatable bonds is 6. The molecule has 1 saturated heterocycles. The molecule has 4 heteroatoms. The maximum Gasteiger partial charge on any atom is 0.0534 e. The zero-order chi connectivity index (χ0) is 12.1. The van der Waals surface area contributed by atoms with Gasteiger partial charge in [-0.25, -0.2) is 0 Å². The third-order valence-electron chi connectivity index (χ3n) is 3.47. The Morgan fingerprint density at radius 3 is 3.12 bits per heavy atom. The van der Waals surface area contributed by atoms with E-state index in [2.05, 4.69) is 28.6 Å². The van der Waals surface area contributed by atoms with Gasteiger partial charge in [-0.3, -0.25) is 4.68 Å². The average Bonchev–Trinajstić information content (AvgIpc) is 2.90. The van der Waals surface area contributed by atoms with Gasteiger partial charge in [-0.15, -0.1) is 0 Å². The average molecular weight is 236 g/mol. The van der Waals surface area contributed by atoms with Gasteiger partial charge in [0.05, 0.1) is 6.20 Å². The third kappa shape index (κ3) is 4.13. The number of aryl methyl sites for hydroxylation is 1. The van der Waals surface area contributed by atoms with Crippen LogP contribution in [0.2, 0.25) is 0 Å². The van der Waals surface area contributed by atoms with E-state index in [4.69, 9.17) is 0 Å². The van der Waals surface area contributed by atoms with E-state index in [1.54, 1.807) is 0 Å². The summed E-state index contributed by atoms with van der Waals surface area (Å²) in [4.78, 5) is 2.38. The molecular weight excluding hydrogens is 212 g/mol. The van der Waals surface area contributed by atoms with Crippen molar-refractivity contribution in [2.45, 2.75) is 38.3 Å². The van der Waals surface area contributed by atoms with Crippen LogP contribution in [0.4, 0.5) is 0 Å². The van der Waals surface area contributed by atoms with Crippen molar-refractivity contribution in [1.82, 2.24) is 20.0 Å². The van der Waals surface area contributed by atoms with Crippen LogP contribution in [-0.4, -0.2) is 40.9 Å². The van der Waals surface area contributed by atoms with Crippen LogP contribution in [0.15, 0.2) is 12.4 Å². The molecule has 2 rings (SSSR count). The van der Waals surface area contributed by atoms with Gasteiger partial charge in [-0.05, 0) is 45.8 Å². The van der Waals surface area contributed by atoms with E-state index < -0.39 is 0 Å². The van der Waals surface area contributed by atoms with Crippen molar-refractivity contribution in [3.8, 4) is 0 Å². The number of hydrogen-bond donors (Lipinski definition) is 1. The summed E-state index contributed by atoms with van der Waals surface area (Å²) in [7, 11) is 4.16. The van der Waals surface area contributed by atoms with Gasteiger partial charge in [0.2, 0.25) is 0 Å². The van der Waals surface area contributed by atoms with E-state index in [0.717, 1.165) is 12.6 Å². The first kappa shape index (κ1) is 12.6. The smallest absolute Gasteiger partial charge is 0.0534 e. The molecule has 0 bridgehead atoms. The Balaban J connectivity index is 1.61. The lowest BCUT2D eigenvalue weighted by atomic mass is 10.1. The second-order valence-electron chi connectivity index (χ2n) is 5.20. The molecule has 1 unspecified atom stereocenters. The maximum atomic E-state index is 4.19. The molecule has 1 aromatic rings. The molecule has 1 N–H and O–H groups in total. The third-order valence-corrected chi connectivity index (χ3v) is 3.47. The Hall–Kier alpha value is -0.870. The van der Waals surface area contributed by atoms with Crippen LogP contribution >= 0.6 is 0 Å². The Kier molecular flexibility index (Phi) is 4.57. The van der Waals surface area contributed by atoms with Crippen LogP contribution in [0, 0.1) is 0 Å². The molecule has 0 radical (unpaired) electrons. The van der Waals surface area contributed by atoms with E-state index in [0.29, 0.717) is 0 Å². The maximum absolute atomic E-state index is 4.19. The zero-order valence-corrected chi connectivity index (χ0v) is 11.0. The molecule has 4 nitrogen and oxygen atoms in total. The van der Waals surface area contributed by atoms with E-state index in [-0.39, 0.29) is 0 Å². The molecule has 2 heterocycles. The van der Waals surface area contributed by atoms with E-state index in [1.807, 2.05) is 17.9 Å². The lowest BCUT2D eigenvalue weighted by molar-refractivity contribution is 0.311. The highest BCUT2D eigenvalue weighted by molar-refractivity contribution is 5.02. The number of nitrogens with one attached hydrogen (secondary N) is 1. The summed E-state index contributed by atoms with van der Waals surface area (Å²) in [5.74, 6) is 0. The van der Waals surface area contributed by atoms with E-state index in [1.165, 1.54) is 44.3 Å². The van der Waals surface area contributed by atoms with Crippen molar-refractivity contribution >= 4 is 0 Å². The Labute approximate surface area is 104 Å². The first-order chi connectivity index (χ1) is 8.24. The minimum absolute atomic E-state index is 0.779.